The number of anilines is 1. The first kappa shape index (κ1) is 12.9. The maximum absolute atomic E-state index is 6.08. The number of rotatable bonds is 2. The lowest BCUT2D eigenvalue weighted by Gasteiger charge is -2.12. The molecule has 0 aliphatic rings. The first-order valence-corrected chi connectivity index (χ1v) is 7.25. The van der Waals surface area contributed by atoms with Gasteiger partial charge in [0.05, 0.1) is 0 Å². The largest absolute Gasteiger partial charge is 0.399 e. The number of benzene rings is 3. The van der Waals surface area contributed by atoms with Crippen LogP contribution in [0.5, 0.6) is 0 Å². The molecule has 20 heavy (non-hydrogen) atoms. The van der Waals surface area contributed by atoms with Crippen molar-refractivity contribution in [2.75, 3.05) is 5.73 Å². The van der Waals surface area contributed by atoms with Crippen molar-refractivity contribution in [1.82, 2.24) is 0 Å². The topological polar surface area (TPSA) is 26.0 Å². The quantitative estimate of drug-likeness (QED) is 0.631. The van der Waals surface area contributed by atoms with Gasteiger partial charge in [-0.25, -0.2) is 0 Å². The zero-order valence-corrected chi connectivity index (χ0v) is 12.5. The van der Waals surface area contributed by atoms with Gasteiger partial charge in [0.15, 0.2) is 0 Å². The fourth-order valence-corrected chi connectivity index (χ4v) is 2.99. The molecule has 2 heteroatoms. The summed E-state index contributed by atoms with van der Waals surface area (Å²) in [5, 5.41) is 0. The van der Waals surface area contributed by atoms with Crippen LogP contribution in [0, 0.1) is 0 Å². The van der Waals surface area contributed by atoms with Crippen LogP contribution in [0.2, 0.25) is 0 Å². The summed E-state index contributed by atoms with van der Waals surface area (Å²) >= 11 is 3.73. The highest BCUT2D eigenvalue weighted by atomic mass is 79.9. The van der Waals surface area contributed by atoms with Crippen LogP contribution in [0.3, 0.4) is 0 Å². The summed E-state index contributed by atoms with van der Waals surface area (Å²) in [7, 11) is 0. The van der Waals surface area contributed by atoms with Crippen molar-refractivity contribution in [1.29, 1.82) is 0 Å². The Hall–Kier alpha value is -2.06. The van der Waals surface area contributed by atoms with E-state index in [0.29, 0.717) is 0 Å². The minimum absolute atomic E-state index is 0.769. The van der Waals surface area contributed by atoms with Gasteiger partial charge in [-0.2, -0.15) is 0 Å². The van der Waals surface area contributed by atoms with Gasteiger partial charge < -0.3 is 5.73 Å². The zero-order chi connectivity index (χ0) is 13.9. The third-order valence-electron chi connectivity index (χ3n) is 3.26. The molecule has 0 fully saturated rings. The summed E-state index contributed by atoms with van der Waals surface area (Å²) in [5.41, 5.74) is 11.4. The van der Waals surface area contributed by atoms with Crippen molar-refractivity contribution in [2.24, 2.45) is 0 Å². The Labute approximate surface area is 127 Å². The van der Waals surface area contributed by atoms with Gasteiger partial charge in [-0.3, -0.25) is 0 Å². The molecule has 0 saturated heterocycles. The van der Waals surface area contributed by atoms with Gasteiger partial charge in [0.2, 0.25) is 0 Å². The second-order valence-corrected chi connectivity index (χ2v) is 5.46. The molecule has 0 saturated carbocycles. The van der Waals surface area contributed by atoms with Crippen molar-refractivity contribution < 1.29 is 0 Å². The fraction of sp³-hybridized carbons (Fsp3) is 0. The molecule has 0 spiro atoms. The molecule has 98 valence electrons. The lowest BCUT2D eigenvalue weighted by molar-refractivity contribution is 1.55. The van der Waals surface area contributed by atoms with Crippen molar-refractivity contribution in [3.8, 4) is 22.3 Å². The van der Waals surface area contributed by atoms with E-state index >= 15 is 0 Å². The number of nitrogens with two attached hydrogens (primary N) is 1. The summed E-state index contributed by atoms with van der Waals surface area (Å²) in [6.07, 6.45) is 0. The highest BCUT2D eigenvalue weighted by Crippen LogP contribution is 2.38. The number of hydrogen-bond donors (Lipinski definition) is 1. The molecule has 0 aromatic heterocycles. The molecule has 3 rings (SSSR count). The number of halogens is 1. The van der Waals surface area contributed by atoms with Crippen LogP contribution in [0.1, 0.15) is 0 Å². The van der Waals surface area contributed by atoms with Crippen molar-refractivity contribution in [2.45, 2.75) is 0 Å². The third kappa shape index (κ3) is 2.47. The molecular weight excluding hydrogens is 310 g/mol. The van der Waals surface area contributed by atoms with E-state index in [1.54, 1.807) is 0 Å². The van der Waals surface area contributed by atoms with Crippen LogP contribution in [-0.4, -0.2) is 0 Å². The molecule has 0 unspecified atom stereocenters. The van der Waals surface area contributed by atoms with E-state index in [0.717, 1.165) is 32.4 Å². The summed E-state index contributed by atoms with van der Waals surface area (Å²) in [6, 6.07) is 24.5. The predicted molar refractivity (Wildman–Crippen MR) is 89.4 cm³/mol. The molecule has 0 radical (unpaired) electrons. The molecule has 1 nitrogen and oxygen atoms in total. The van der Waals surface area contributed by atoms with E-state index in [4.69, 9.17) is 5.73 Å². The Balaban J connectivity index is 2.22. The second-order valence-electron chi connectivity index (χ2n) is 4.66. The van der Waals surface area contributed by atoms with Gasteiger partial charge in [0.1, 0.15) is 0 Å². The van der Waals surface area contributed by atoms with Gasteiger partial charge in [0, 0.05) is 10.2 Å². The van der Waals surface area contributed by atoms with Crippen LogP contribution in [0.15, 0.2) is 77.3 Å². The fourth-order valence-electron chi connectivity index (χ4n) is 2.30. The lowest BCUT2D eigenvalue weighted by Crippen LogP contribution is -1.91. The van der Waals surface area contributed by atoms with Crippen LogP contribution in [0.25, 0.3) is 22.3 Å². The smallest absolute Gasteiger partial charge is 0.0333 e. The molecule has 0 heterocycles. The third-order valence-corrected chi connectivity index (χ3v) is 4.12. The predicted octanol–water partition coefficient (Wildman–Crippen LogP) is 5.37. The Morgan fingerprint density at radius 1 is 0.650 bits per heavy atom. The number of hydrogen-bond acceptors (Lipinski definition) is 1. The second kappa shape index (κ2) is 5.51. The molecule has 0 aliphatic heterocycles. The normalized spacial score (nSPS) is 10.4. The lowest BCUT2D eigenvalue weighted by atomic mass is 9.98. The maximum atomic E-state index is 6.08. The Kier molecular flexibility index (Phi) is 3.57. The van der Waals surface area contributed by atoms with Gasteiger partial charge in [-0.05, 0) is 50.3 Å². The van der Waals surface area contributed by atoms with Crippen molar-refractivity contribution in [3.63, 3.8) is 0 Å². The standard InChI is InChI=1S/C18H14BrN/c19-18-16(13-7-3-1-4-8-13)11-15(20)12-17(18)14-9-5-2-6-10-14/h1-12H,20H2. The Morgan fingerprint density at radius 3 is 1.45 bits per heavy atom. The summed E-state index contributed by atoms with van der Waals surface area (Å²) in [5.74, 6) is 0. The van der Waals surface area contributed by atoms with Crippen LogP contribution in [-0.2, 0) is 0 Å². The maximum Gasteiger partial charge on any atom is 0.0333 e. The minimum atomic E-state index is 0.769. The molecule has 0 bridgehead atoms. The van der Waals surface area contributed by atoms with E-state index in [1.165, 1.54) is 0 Å². The number of nitrogen functional groups attached to an aromatic ring is 1. The molecule has 3 aromatic rings. The highest BCUT2D eigenvalue weighted by molar-refractivity contribution is 9.10. The summed E-state index contributed by atoms with van der Waals surface area (Å²) < 4.78 is 1.07. The minimum Gasteiger partial charge on any atom is -0.399 e. The van der Waals surface area contributed by atoms with E-state index in [9.17, 15) is 0 Å². The van der Waals surface area contributed by atoms with Gasteiger partial charge in [-0.1, -0.05) is 60.7 Å². The van der Waals surface area contributed by atoms with E-state index < -0.39 is 0 Å². The average Bonchev–Trinajstić information content (AvgIpc) is 2.51. The molecule has 0 aliphatic carbocycles. The Bertz CT molecular complexity index is 660. The van der Waals surface area contributed by atoms with Crippen molar-refractivity contribution >= 4 is 21.6 Å². The van der Waals surface area contributed by atoms with Gasteiger partial charge in [-0.15, -0.1) is 0 Å². The van der Waals surface area contributed by atoms with E-state index in [1.807, 2.05) is 48.5 Å². The summed E-state index contributed by atoms with van der Waals surface area (Å²) in [6.45, 7) is 0. The van der Waals surface area contributed by atoms with Gasteiger partial charge >= 0.3 is 0 Å². The first-order valence-electron chi connectivity index (χ1n) is 6.45. The monoisotopic (exact) mass is 323 g/mol. The molecule has 2 N–H and O–H groups in total. The molecule has 3 aromatic carbocycles. The zero-order valence-electron chi connectivity index (χ0n) is 10.9. The Morgan fingerprint density at radius 2 is 1.05 bits per heavy atom. The highest BCUT2D eigenvalue weighted by Gasteiger charge is 2.10. The molecule has 0 amide bonds. The van der Waals surface area contributed by atoms with Crippen LogP contribution >= 0.6 is 15.9 Å². The van der Waals surface area contributed by atoms with E-state index in [-0.39, 0.29) is 0 Å². The first-order chi connectivity index (χ1) is 9.75. The van der Waals surface area contributed by atoms with Crippen LogP contribution < -0.4 is 5.73 Å². The van der Waals surface area contributed by atoms with Gasteiger partial charge in [0.25, 0.3) is 0 Å². The summed E-state index contributed by atoms with van der Waals surface area (Å²) in [4.78, 5) is 0. The SMILES string of the molecule is Nc1cc(-c2ccccc2)c(Br)c(-c2ccccc2)c1. The van der Waals surface area contributed by atoms with Crippen molar-refractivity contribution in [3.05, 3.63) is 77.3 Å². The molecular formula is C18H14BrN. The van der Waals surface area contributed by atoms with Crippen LogP contribution in [0.4, 0.5) is 5.69 Å². The van der Waals surface area contributed by atoms with E-state index in [2.05, 4.69) is 40.2 Å². The molecule has 0 atom stereocenters. The average molecular weight is 324 g/mol.